The molecule has 1 N–H and O–H groups in total. The first-order chi connectivity index (χ1) is 30.3. The van der Waals surface area contributed by atoms with Crippen LogP contribution in [0.15, 0.2) is 134 Å². The molecule has 0 saturated heterocycles. The van der Waals surface area contributed by atoms with Crippen molar-refractivity contribution in [3.05, 3.63) is 167 Å². The molecule has 0 bridgehead atoms. The molecule has 330 valence electrons. The fourth-order valence-corrected chi connectivity index (χ4v) is 10.8. The van der Waals surface area contributed by atoms with Crippen molar-refractivity contribution in [3.8, 4) is 67.5 Å². The molecule has 0 saturated carbocycles. The number of phenolic OH excluding ortho intramolecular Hbond substituents is 1. The fourth-order valence-electron chi connectivity index (χ4n) is 9.56. The largest absolute Gasteiger partial charge is 0.507 e. The summed E-state index contributed by atoms with van der Waals surface area (Å²) in [6.07, 6.45) is 1.90. The Hall–Kier alpha value is -5.61. The standard InChI is InChI=1S/C59H56N3OS.Pt/c1-56(2,3)39-23-25-47(41(32-39)36-20-16-13-17-21-36)62-48-26-24-44-51(52(48)61-55(62)43-33-40(57(4,5)6)34-45(53(43)63)58(7,8)9)50-42-30-38(22-27-49(42)64-54(50)59(44,10)11)46-31-37(28-29-60-46)35-18-14-12-15-19-35;/h12-29,31-34,63H,1-11H3;/q-1;. The number of benzene rings is 6. The van der Waals surface area contributed by atoms with E-state index in [9.17, 15) is 5.11 Å². The number of aromatic nitrogens is 3. The molecule has 0 atom stereocenters. The first-order valence-corrected chi connectivity index (χ1v) is 23.3. The number of fused-ring (bicyclic) bond motifs is 7. The van der Waals surface area contributed by atoms with Crippen LogP contribution in [0.3, 0.4) is 0 Å². The number of thiophene rings is 1. The molecule has 0 amide bonds. The summed E-state index contributed by atoms with van der Waals surface area (Å²) in [5.74, 6) is 0.988. The summed E-state index contributed by atoms with van der Waals surface area (Å²) in [6, 6.07) is 49.6. The van der Waals surface area contributed by atoms with Gasteiger partial charge >= 0.3 is 0 Å². The van der Waals surface area contributed by atoms with Gasteiger partial charge in [-0.25, -0.2) is 4.98 Å². The molecule has 3 aromatic heterocycles. The molecule has 9 aromatic rings. The van der Waals surface area contributed by atoms with Gasteiger partial charge in [-0.05, 0) is 95.1 Å². The number of hydrogen-bond donors (Lipinski definition) is 1. The van der Waals surface area contributed by atoms with Crippen molar-refractivity contribution < 1.29 is 26.2 Å². The summed E-state index contributed by atoms with van der Waals surface area (Å²) in [4.78, 5) is 12.0. The van der Waals surface area contributed by atoms with Gasteiger partial charge in [0.1, 0.15) is 11.6 Å². The Kier molecular flexibility index (Phi) is 10.8. The molecule has 3 heterocycles. The van der Waals surface area contributed by atoms with Crippen molar-refractivity contribution in [1.82, 2.24) is 14.5 Å². The minimum absolute atomic E-state index is 0. The zero-order valence-corrected chi connectivity index (χ0v) is 42.3. The molecule has 10 rings (SSSR count). The van der Waals surface area contributed by atoms with E-state index in [4.69, 9.17) is 9.97 Å². The molecule has 1 aliphatic rings. The van der Waals surface area contributed by atoms with E-state index in [1.165, 1.54) is 26.3 Å². The van der Waals surface area contributed by atoms with E-state index in [2.05, 4.69) is 208 Å². The first kappa shape index (κ1) is 44.6. The van der Waals surface area contributed by atoms with E-state index in [1.54, 1.807) is 0 Å². The Morgan fingerprint density at radius 1 is 0.631 bits per heavy atom. The van der Waals surface area contributed by atoms with Crippen LogP contribution in [0.1, 0.15) is 103 Å². The molecule has 1 aliphatic carbocycles. The summed E-state index contributed by atoms with van der Waals surface area (Å²) in [6.45, 7) is 24.8. The van der Waals surface area contributed by atoms with E-state index < -0.39 is 0 Å². The van der Waals surface area contributed by atoms with E-state index >= 15 is 0 Å². The second kappa shape index (κ2) is 15.8. The molecule has 6 heteroatoms. The number of imidazole rings is 1. The average Bonchev–Trinajstić information content (AvgIpc) is 3.91. The van der Waals surface area contributed by atoms with Gasteiger partial charge in [0.2, 0.25) is 0 Å². The zero-order chi connectivity index (χ0) is 45.1. The van der Waals surface area contributed by atoms with Crippen molar-refractivity contribution in [2.45, 2.75) is 97.8 Å². The minimum Gasteiger partial charge on any atom is -0.507 e. The monoisotopic (exact) mass is 1050 g/mol. The molecule has 0 radical (unpaired) electrons. The SMILES string of the molecule is CC(C)(C)c1ccc(-n2c(-c3cc(C(C)(C)C)cc(C(C)(C)C)c3O)nc3c4c(ccc32)C(C)(C)c2sc3ccc(-c5cc(-c6ccccc6)ccn5)[c-]c3c2-4)c(-c2ccccc2)c1.[Pt]. The predicted molar refractivity (Wildman–Crippen MR) is 270 cm³/mol. The van der Waals surface area contributed by atoms with Crippen LogP contribution in [0.2, 0.25) is 0 Å². The maximum absolute atomic E-state index is 12.6. The van der Waals surface area contributed by atoms with Crippen LogP contribution in [0.5, 0.6) is 5.75 Å². The Bertz CT molecular complexity index is 3300. The topological polar surface area (TPSA) is 50.9 Å². The van der Waals surface area contributed by atoms with Gasteiger partial charge in [-0.3, -0.25) is 9.55 Å². The van der Waals surface area contributed by atoms with E-state index in [0.717, 1.165) is 83.7 Å². The van der Waals surface area contributed by atoms with Crippen LogP contribution in [-0.4, -0.2) is 19.6 Å². The van der Waals surface area contributed by atoms with E-state index in [1.807, 2.05) is 23.6 Å². The quantitative estimate of drug-likeness (QED) is 0.175. The van der Waals surface area contributed by atoms with Gasteiger partial charge in [0, 0.05) is 49.5 Å². The van der Waals surface area contributed by atoms with Gasteiger partial charge < -0.3 is 5.11 Å². The molecular formula is C59H56N3OPtS-. The van der Waals surface area contributed by atoms with Gasteiger partial charge in [0.25, 0.3) is 0 Å². The second-order valence-electron chi connectivity index (χ2n) is 21.2. The van der Waals surface area contributed by atoms with Gasteiger partial charge in [0.15, 0.2) is 0 Å². The molecule has 6 aromatic carbocycles. The van der Waals surface area contributed by atoms with E-state index in [0.29, 0.717) is 0 Å². The molecule has 0 fully saturated rings. The maximum atomic E-state index is 12.6. The molecule has 0 unspecified atom stereocenters. The molecule has 0 aliphatic heterocycles. The minimum atomic E-state index is -0.320. The summed E-state index contributed by atoms with van der Waals surface area (Å²) in [7, 11) is 0. The number of phenols is 1. The van der Waals surface area contributed by atoms with Gasteiger partial charge in [-0.15, -0.1) is 18.2 Å². The maximum Gasteiger partial charge on any atom is 0.149 e. The third-order valence-corrected chi connectivity index (χ3v) is 14.7. The van der Waals surface area contributed by atoms with Crippen LogP contribution in [0.4, 0.5) is 0 Å². The summed E-state index contributed by atoms with van der Waals surface area (Å²) < 4.78 is 3.52. The fraction of sp³-hybridized carbons (Fsp3) is 0.254. The van der Waals surface area contributed by atoms with Gasteiger partial charge in [-0.1, -0.05) is 178 Å². The van der Waals surface area contributed by atoms with Crippen LogP contribution in [-0.2, 0) is 42.7 Å². The van der Waals surface area contributed by atoms with Crippen molar-refractivity contribution in [1.29, 1.82) is 0 Å². The Labute approximate surface area is 402 Å². The number of rotatable bonds is 5. The van der Waals surface area contributed by atoms with Crippen LogP contribution >= 0.6 is 11.3 Å². The number of pyridine rings is 1. The Morgan fingerprint density at radius 2 is 1.29 bits per heavy atom. The van der Waals surface area contributed by atoms with E-state index in [-0.39, 0.29) is 48.5 Å². The summed E-state index contributed by atoms with van der Waals surface area (Å²) in [5.41, 5.74) is 16.1. The number of aromatic hydroxyl groups is 1. The third kappa shape index (κ3) is 7.49. The smallest absolute Gasteiger partial charge is 0.149 e. The molecule has 0 spiro atoms. The normalized spacial score (nSPS) is 13.5. The molecule has 65 heavy (non-hydrogen) atoms. The number of hydrogen-bond acceptors (Lipinski definition) is 4. The van der Waals surface area contributed by atoms with Crippen molar-refractivity contribution >= 4 is 32.5 Å². The summed E-state index contributed by atoms with van der Waals surface area (Å²) >= 11 is 1.86. The molecule has 4 nitrogen and oxygen atoms in total. The van der Waals surface area contributed by atoms with Crippen molar-refractivity contribution in [2.75, 3.05) is 0 Å². The second-order valence-corrected chi connectivity index (χ2v) is 22.3. The molecular weight excluding hydrogens is 994 g/mol. The summed E-state index contributed by atoms with van der Waals surface area (Å²) in [5, 5.41) is 13.7. The Morgan fingerprint density at radius 3 is 1.95 bits per heavy atom. The average molecular weight is 1050 g/mol. The van der Waals surface area contributed by atoms with Crippen molar-refractivity contribution in [2.24, 2.45) is 0 Å². The third-order valence-electron chi connectivity index (χ3n) is 13.3. The van der Waals surface area contributed by atoms with Crippen molar-refractivity contribution in [3.63, 3.8) is 0 Å². The van der Waals surface area contributed by atoms with Crippen LogP contribution in [0.25, 0.3) is 82.8 Å². The first-order valence-electron chi connectivity index (χ1n) is 22.5. The van der Waals surface area contributed by atoms with Gasteiger partial charge in [0.05, 0.1) is 22.3 Å². The Balaban J connectivity index is 0.00000533. The van der Waals surface area contributed by atoms with Crippen LogP contribution in [0, 0.1) is 6.07 Å². The van der Waals surface area contributed by atoms with Crippen LogP contribution < -0.4 is 0 Å². The van der Waals surface area contributed by atoms with Gasteiger partial charge in [-0.2, -0.15) is 11.3 Å². The predicted octanol–water partition coefficient (Wildman–Crippen LogP) is 16.0. The number of nitrogens with zero attached hydrogens (tertiary/aromatic N) is 3. The zero-order valence-electron chi connectivity index (χ0n) is 39.2.